The van der Waals surface area contributed by atoms with E-state index in [-0.39, 0.29) is 11.6 Å². The van der Waals surface area contributed by atoms with E-state index in [2.05, 4.69) is 76.6 Å². The van der Waals surface area contributed by atoms with Gasteiger partial charge >= 0.3 is 0 Å². The molecule has 0 unspecified atom stereocenters. The summed E-state index contributed by atoms with van der Waals surface area (Å²) in [6.45, 7) is 4.28. The fourth-order valence-corrected chi connectivity index (χ4v) is 8.64. The first kappa shape index (κ1) is 28.4. The van der Waals surface area contributed by atoms with Crippen LogP contribution in [0.3, 0.4) is 0 Å². The third kappa shape index (κ3) is 5.53. The van der Waals surface area contributed by atoms with Crippen molar-refractivity contribution < 1.29 is 9.59 Å². The van der Waals surface area contributed by atoms with E-state index >= 15 is 0 Å². The topological polar surface area (TPSA) is 49.4 Å². The van der Waals surface area contributed by atoms with Crippen LogP contribution < -0.4 is 5.32 Å². The summed E-state index contributed by atoms with van der Waals surface area (Å²) >= 11 is 3.18. The van der Waals surface area contributed by atoms with Crippen LogP contribution >= 0.6 is 22.7 Å². The molecule has 4 aliphatic rings. The summed E-state index contributed by atoms with van der Waals surface area (Å²) in [6.07, 6.45) is 5.41. The lowest BCUT2D eigenvalue weighted by molar-refractivity contribution is 0.0989. The maximum atomic E-state index is 12.6. The number of carbonyl (C=O) groups is 2. The van der Waals surface area contributed by atoms with Crippen molar-refractivity contribution >= 4 is 45.4 Å². The van der Waals surface area contributed by atoms with E-state index < -0.39 is 0 Å². The highest BCUT2D eigenvalue weighted by Gasteiger charge is 2.28. The Morgan fingerprint density at radius 2 is 1.07 bits per heavy atom. The summed E-state index contributed by atoms with van der Waals surface area (Å²) in [4.78, 5) is 29.4. The average molecular weight is 605 g/mol. The van der Waals surface area contributed by atoms with E-state index in [1.165, 1.54) is 50.1 Å². The third-order valence-corrected chi connectivity index (χ3v) is 11.1. The number of nitrogens with one attached hydrogen (secondary N) is 1. The largest absolute Gasteiger partial charge is 0.316 e. The predicted octanol–water partition coefficient (Wildman–Crippen LogP) is 7.69. The number of fused-ring (bicyclic) bond motifs is 4. The molecule has 2 aliphatic carbocycles. The molecule has 0 radical (unpaired) electrons. The van der Waals surface area contributed by atoms with Gasteiger partial charge in [-0.05, 0) is 102 Å². The van der Waals surface area contributed by atoms with Crippen LogP contribution in [0.4, 0.5) is 0 Å². The lowest BCUT2D eigenvalue weighted by Crippen LogP contribution is -2.27. The van der Waals surface area contributed by atoms with Crippen molar-refractivity contribution in [2.45, 2.75) is 38.5 Å². The van der Waals surface area contributed by atoms with Crippen LogP contribution in [0.15, 0.2) is 82.6 Å². The number of hydrogen-bond acceptors (Lipinski definition) is 6. The van der Waals surface area contributed by atoms with Crippen molar-refractivity contribution in [1.82, 2.24) is 10.2 Å². The normalized spacial score (nSPS) is 18.5. The molecule has 0 bridgehead atoms. The third-order valence-electron chi connectivity index (χ3n) is 9.16. The second-order valence-electron chi connectivity index (χ2n) is 11.9. The summed E-state index contributed by atoms with van der Waals surface area (Å²) in [5.74, 6) is 0.526. The molecule has 4 aromatic rings. The van der Waals surface area contributed by atoms with Crippen LogP contribution in [0.25, 0.3) is 11.1 Å². The Labute approximate surface area is 261 Å². The number of likely N-dealkylation sites (tertiary alicyclic amines) is 1. The van der Waals surface area contributed by atoms with Gasteiger partial charge in [-0.1, -0.05) is 59.7 Å². The number of rotatable bonds is 0. The Bertz CT molecular complexity index is 1750. The molecule has 0 spiro atoms. The van der Waals surface area contributed by atoms with Gasteiger partial charge in [0.2, 0.25) is 0 Å². The van der Waals surface area contributed by atoms with Gasteiger partial charge in [-0.25, -0.2) is 0 Å². The van der Waals surface area contributed by atoms with E-state index in [0.717, 1.165) is 67.2 Å². The Morgan fingerprint density at radius 3 is 1.58 bits per heavy atom. The lowest BCUT2D eigenvalue weighted by atomic mass is 9.88. The van der Waals surface area contributed by atoms with Gasteiger partial charge in [-0.3, -0.25) is 9.59 Å². The minimum Gasteiger partial charge on any atom is -0.316 e. The molecule has 8 rings (SSSR count). The second-order valence-corrected chi connectivity index (χ2v) is 13.7. The summed E-state index contributed by atoms with van der Waals surface area (Å²) in [5, 5.41) is 7.54. The number of piperidine rings is 2. The first-order valence-electron chi connectivity index (χ1n) is 15.3. The van der Waals surface area contributed by atoms with Gasteiger partial charge in [0.15, 0.2) is 11.6 Å². The summed E-state index contributed by atoms with van der Waals surface area (Å²) in [5.41, 5.74) is 12.9. The molecule has 6 heteroatoms. The first-order chi connectivity index (χ1) is 21.1. The fourth-order valence-electron chi connectivity index (χ4n) is 6.96. The highest BCUT2D eigenvalue weighted by Crippen LogP contribution is 2.41. The summed E-state index contributed by atoms with van der Waals surface area (Å²) in [7, 11) is 2.18. The number of carbonyl (C=O) groups excluding carboxylic acids is 2. The fraction of sp³-hybridized carbons (Fsp3) is 0.297. The molecule has 0 saturated carbocycles. The number of ketones is 2. The van der Waals surface area contributed by atoms with Crippen molar-refractivity contribution in [2.75, 3.05) is 33.2 Å². The molecule has 43 heavy (non-hydrogen) atoms. The molecule has 1 N–H and O–H groups in total. The zero-order valence-corrected chi connectivity index (χ0v) is 26.2. The maximum absolute atomic E-state index is 12.6. The summed E-state index contributed by atoms with van der Waals surface area (Å²) < 4.78 is 0. The monoisotopic (exact) mass is 604 g/mol. The molecule has 0 amide bonds. The Kier molecular flexibility index (Phi) is 8.11. The molecule has 4 nitrogen and oxygen atoms in total. The second kappa shape index (κ2) is 12.3. The average Bonchev–Trinajstić information content (AvgIpc) is 3.68. The number of benzene rings is 2. The molecule has 2 saturated heterocycles. The minimum absolute atomic E-state index is 0.261. The molecular weight excluding hydrogens is 569 g/mol. The number of nitrogens with zero attached hydrogens (tertiary/aromatic N) is 1. The van der Waals surface area contributed by atoms with Crippen molar-refractivity contribution in [3.05, 3.63) is 126 Å². The number of Topliss-reactive ketones (excluding diaryl/α,β-unsaturated/α-hetero) is 2. The van der Waals surface area contributed by atoms with Gasteiger partial charge in [-0.2, -0.15) is 0 Å². The van der Waals surface area contributed by atoms with Crippen molar-refractivity contribution in [1.29, 1.82) is 0 Å². The van der Waals surface area contributed by atoms with Gasteiger partial charge < -0.3 is 10.2 Å². The summed E-state index contributed by atoms with van der Waals surface area (Å²) in [6, 6.07) is 21.1. The van der Waals surface area contributed by atoms with Crippen molar-refractivity contribution in [2.24, 2.45) is 0 Å². The highest BCUT2D eigenvalue weighted by atomic mass is 32.1. The van der Waals surface area contributed by atoms with Gasteiger partial charge in [-0.15, -0.1) is 22.7 Å². The lowest BCUT2D eigenvalue weighted by Gasteiger charge is -2.27. The number of hydrogen-bond donors (Lipinski definition) is 1. The van der Waals surface area contributed by atoms with Crippen LogP contribution in [0.2, 0.25) is 0 Å². The van der Waals surface area contributed by atoms with Gasteiger partial charge in [0.05, 0.1) is 9.75 Å². The van der Waals surface area contributed by atoms with E-state index in [4.69, 9.17) is 0 Å². The van der Waals surface area contributed by atoms with Gasteiger partial charge in [0, 0.05) is 37.1 Å². The van der Waals surface area contributed by atoms with E-state index in [1.807, 2.05) is 12.1 Å². The Balaban J connectivity index is 0.000000140. The van der Waals surface area contributed by atoms with E-state index in [0.29, 0.717) is 12.8 Å². The molecule has 2 aromatic carbocycles. The molecule has 218 valence electrons. The smallest absolute Gasteiger partial charge is 0.177 e. The number of thiophene rings is 2. The molecule has 2 aromatic heterocycles. The van der Waals surface area contributed by atoms with Crippen molar-refractivity contribution in [3.8, 4) is 0 Å². The van der Waals surface area contributed by atoms with Crippen LogP contribution in [0, 0.1) is 0 Å². The minimum atomic E-state index is 0.261. The van der Waals surface area contributed by atoms with Crippen molar-refractivity contribution in [3.63, 3.8) is 0 Å². The maximum Gasteiger partial charge on any atom is 0.177 e. The zero-order valence-electron chi connectivity index (χ0n) is 24.6. The van der Waals surface area contributed by atoms with E-state index in [1.54, 1.807) is 22.7 Å². The van der Waals surface area contributed by atoms with Crippen LogP contribution in [0.1, 0.15) is 78.4 Å². The standard InChI is InChI=1S/C19H19NOS.C18H17NOS/c1-20-9-6-13(7-10-20)18-15-5-3-2-4-14(15)12-17(21)19-16(18)8-11-22-19;20-16-11-13-3-1-2-4-14(13)17(12-5-8-19-9-6-12)15-7-10-21-18(15)16/h2-5,8,11H,6-7,9-10,12H2,1H3;1-4,7,10,19H,5-6,8-9,11H2. The molecule has 2 fully saturated rings. The zero-order chi connectivity index (χ0) is 29.3. The molecule has 0 atom stereocenters. The molecular formula is C37H36N2O2S2. The van der Waals surface area contributed by atoms with Crippen LogP contribution in [-0.4, -0.2) is 49.7 Å². The Morgan fingerprint density at radius 1 is 0.605 bits per heavy atom. The molecule has 4 heterocycles. The predicted molar refractivity (Wildman–Crippen MR) is 178 cm³/mol. The van der Waals surface area contributed by atoms with Crippen LogP contribution in [-0.2, 0) is 12.8 Å². The Hall–Kier alpha value is -3.42. The van der Waals surface area contributed by atoms with Crippen LogP contribution in [0.5, 0.6) is 0 Å². The molecule has 2 aliphatic heterocycles. The quantitative estimate of drug-likeness (QED) is 0.224. The van der Waals surface area contributed by atoms with Gasteiger partial charge in [0.25, 0.3) is 0 Å². The SMILES string of the molecule is CN1CCC(=C2c3ccccc3CC(=O)c3sccc32)CC1.O=C1Cc2ccccc2C(=C2CCNCC2)c2ccsc21. The highest BCUT2D eigenvalue weighted by molar-refractivity contribution is 7.12. The van der Waals surface area contributed by atoms with Gasteiger partial charge in [0.1, 0.15) is 0 Å². The van der Waals surface area contributed by atoms with E-state index in [9.17, 15) is 9.59 Å². The first-order valence-corrected chi connectivity index (χ1v) is 17.1.